The van der Waals surface area contributed by atoms with E-state index in [9.17, 15) is 13.6 Å². The summed E-state index contributed by atoms with van der Waals surface area (Å²) in [6, 6.07) is 11.3. The van der Waals surface area contributed by atoms with Gasteiger partial charge in [0.2, 0.25) is 5.91 Å². The Labute approximate surface area is 134 Å². The molecule has 0 aliphatic heterocycles. The molecule has 3 nitrogen and oxygen atoms in total. The van der Waals surface area contributed by atoms with E-state index in [2.05, 4.69) is 5.32 Å². The predicted octanol–water partition coefficient (Wildman–Crippen LogP) is 3.36. The van der Waals surface area contributed by atoms with E-state index in [4.69, 9.17) is 0 Å². The highest BCUT2D eigenvalue weighted by atomic mass is 19.1. The van der Waals surface area contributed by atoms with E-state index in [0.29, 0.717) is 6.54 Å². The second kappa shape index (κ2) is 7.54. The summed E-state index contributed by atoms with van der Waals surface area (Å²) < 4.78 is 26.9. The average molecular weight is 316 g/mol. The molecule has 5 heteroatoms. The number of hydrogen-bond donors (Lipinski definition) is 1. The Kier molecular flexibility index (Phi) is 5.46. The van der Waals surface area contributed by atoms with Gasteiger partial charge in [-0.25, -0.2) is 8.78 Å². The van der Waals surface area contributed by atoms with Gasteiger partial charge in [0.15, 0.2) is 0 Å². The highest BCUT2D eigenvalue weighted by molar-refractivity contribution is 5.91. The van der Waals surface area contributed by atoms with Crippen LogP contribution in [-0.4, -0.2) is 20.0 Å². The molecular weight excluding hydrogens is 298 g/mol. The molecule has 0 saturated heterocycles. The Balaban J connectivity index is 1.98. The molecule has 0 heterocycles. The van der Waals surface area contributed by atoms with Crippen LogP contribution in [0, 0.1) is 11.6 Å². The van der Waals surface area contributed by atoms with Gasteiger partial charge in [0.05, 0.1) is 0 Å². The first-order valence-electron chi connectivity index (χ1n) is 7.13. The molecule has 0 bridgehead atoms. The molecule has 0 aromatic heterocycles. The van der Waals surface area contributed by atoms with Crippen LogP contribution in [-0.2, 0) is 11.3 Å². The third-order valence-corrected chi connectivity index (χ3v) is 3.29. The highest BCUT2D eigenvalue weighted by Crippen LogP contribution is 2.14. The van der Waals surface area contributed by atoms with Crippen molar-refractivity contribution in [3.63, 3.8) is 0 Å². The largest absolute Gasteiger partial charge is 0.378 e. The average Bonchev–Trinajstić information content (AvgIpc) is 2.52. The number of anilines is 1. The minimum Gasteiger partial charge on any atom is -0.378 e. The summed E-state index contributed by atoms with van der Waals surface area (Å²) in [4.78, 5) is 13.7. The minimum atomic E-state index is -0.701. The molecule has 2 aromatic rings. The molecule has 0 unspecified atom stereocenters. The van der Waals surface area contributed by atoms with Crippen molar-refractivity contribution in [2.75, 3.05) is 19.0 Å². The molecule has 0 aliphatic carbocycles. The number of hydrogen-bond acceptors (Lipinski definition) is 2. The lowest BCUT2D eigenvalue weighted by molar-refractivity contribution is -0.116. The normalized spacial score (nSPS) is 10.8. The van der Waals surface area contributed by atoms with E-state index in [-0.39, 0.29) is 5.56 Å². The predicted molar refractivity (Wildman–Crippen MR) is 88.0 cm³/mol. The molecular formula is C18H18F2N2O. The van der Waals surface area contributed by atoms with E-state index in [1.165, 1.54) is 6.07 Å². The van der Waals surface area contributed by atoms with Gasteiger partial charge in [0.1, 0.15) is 11.6 Å². The van der Waals surface area contributed by atoms with Crippen LogP contribution in [0.5, 0.6) is 0 Å². The summed E-state index contributed by atoms with van der Waals surface area (Å²) in [5.74, 6) is -1.82. The van der Waals surface area contributed by atoms with Crippen molar-refractivity contribution in [2.45, 2.75) is 6.54 Å². The summed E-state index contributed by atoms with van der Waals surface area (Å²) in [6.45, 7) is 0.338. The number of amides is 1. The molecule has 0 saturated carbocycles. The standard InChI is InChI=1S/C18H18F2N2O/c1-22(2)14-6-3-5-13(11-14)12-21-18(23)10-9-15-16(19)7-4-8-17(15)20/h3-11H,12H2,1-2H3,(H,21,23)/b10-9+. The first kappa shape index (κ1) is 16.7. The quantitative estimate of drug-likeness (QED) is 0.858. The van der Waals surface area contributed by atoms with Crippen molar-refractivity contribution in [3.8, 4) is 0 Å². The van der Waals surface area contributed by atoms with Gasteiger partial charge >= 0.3 is 0 Å². The fraction of sp³-hybridized carbons (Fsp3) is 0.167. The maximum absolute atomic E-state index is 13.4. The summed E-state index contributed by atoms with van der Waals surface area (Å²) >= 11 is 0. The molecule has 0 spiro atoms. The molecule has 1 N–H and O–H groups in total. The van der Waals surface area contributed by atoms with E-state index in [1.54, 1.807) is 0 Å². The lowest BCUT2D eigenvalue weighted by atomic mass is 10.1. The molecule has 2 rings (SSSR count). The number of halogens is 2. The Hall–Kier alpha value is -2.69. The van der Waals surface area contributed by atoms with E-state index in [0.717, 1.165) is 35.5 Å². The minimum absolute atomic E-state index is 0.225. The smallest absolute Gasteiger partial charge is 0.244 e. The fourth-order valence-corrected chi connectivity index (χ4v) is 2.02. The molecule has 2 aromatic carbocycles. The molecule has 0 atom stereocenters. The van der Waals surface area contributed by atoms with Crippen LogP contribution in [0.2, 0.25) is 0 Å². The molecule has 1 amide bonds. The van der Waals surface area contributed by atoms with Gasteiger partial charge in [0, 0.05) is 38.0 Å². The van der Waals surface area contributed by atoms with Crippen molar-refractivity contribution in [1.82, 2.24) is 5.32 Å². The van der Waals surface area contributed by atoms with Crippen LogP contribution in [0.25, 0.3) is 6.08 Å². The van der Waals surface area contributed by atoms with Crippen LogP contribution >= 0.6 is 0 Å². The molecule has 0 aliphatic rings. The summed E-state index contributed by atoms with van der Waals surface area (Å²) in [5.41, 5.74) is 1.74. The van der Waals surface area contributed by atoms with Gasteiger partial charge in [-0.3, -0.25) is 4.79 Å². The van der Waals surface area contributed by atoms with Crippen LogP contribution in [0.1, 0.15) is 11.1 Å². The molecule has 0 fully saturated rings. The second-order valence-electron chi connectivity index (χ2n) is 5.25. The van der Waals surface area contributed by atoms with E-state index >= 15 is 0 Å². The number of carbonyl (C=O) groups excluding carboxylic acids is 1. The number of rotatable bonds is 5. The Bertz CT molecular complexity index is 706. The third-order valence-electron chi connectivity index (χ3n) is 3.29. The SMILES string of the molecule is CN(C)c1cccc(CNC(=O)/C=C/c2c(F)cccc2F)c1. The first-order valence-corrected chi connectivity index (χ1v) is 7.13. The van der Waals surface area contributed by atoms with Gasteiger partial charge in [-0.05, 0) is 35.9 Å². The number of carbonyl (C=O) groups is 1. The van der Waals surface area contributed by atoms with Crippen LogP contribution in [0.4, 0.5) is 14.5 Å². The summed E-state index contributed by atoms with van der Waals surface area (Å²) in [5, 5.41) is 2.69. The van der Waals surface area contributed by atoms with Crippen LogP contribution in [0.15, 0.2) is 48.5 Å². The van der Waals surface area contributed by atoms with Gasteiger partial charge in [0.25, 0.3) is 0 Å². The number of nitrogens with one attached hydrogen (secondary N) is 1. The van der Waals surface area contributed by atoms with Gasteiger partial charge in [-0.15, -0.1) is 0 Å². The molecule has 23 heavy (non-hydrogen) atoms. The Morgan fingerprint density at radius 2 is 1.78 bits per heavy atom. The van der Waals surface area contributed by atoms with E-state index in [1.807, 2.05) is 43.3 Å². The van der Waals surface area contributed by atoms with Crippen molar-refractivity contribution >= 4 is 17.7 Å². The fourth-order valence-electron chi connectivity index (χ4n) is 2.02. The topological polar surface area (TPSA) is 32.3 Å². The first-order chi connectivity index (χ1) is 11.0. The molecule has 0 radical (unpaired) electrons. The summed E-state index contributed by atoms with van der Waals surface area (Å²) in [7, 11) is 3.87. The van der Waals surface area contributed by atoms with Crippen LogP contribution < -0.4 is 10.2 Å². The van der Waals surface area contributed by atoms with Crippen molar-refractivity contribution < 1.29 is 13.6 Å². The van der Waals surface area contributed by atoms with Gasteiger partial charge in [-0.1, -0.05) is 18.2 Å². The maximum Gasteiger partial charge on any atom is 0.244 e. The van der Waals surface area contributed by atoms with Gasteiger partial charge in [-0.2, -0.15) is 0 Å². The Morgan fingerprint density at radius 3 is 2.43 bits per heavy atom. The monoisotopic (exact) mass is 316 g/mol. The van der Waals surface area contributed by atoms with Crippen molar-refractivity contribution in [2.24, 2.45) is 0 Å². The maximum atomic E-state index is 13.4. The second-order valence-corrected chi connectivity index (χ2v) is 5.25. The third kappa shape index (κ3) is 4.64. The van der Waals surface area contributed by atoms with Crippen LogP contribution in [0.3, 0.4) is 0 Å². The zero-order valence-electron chi connectivity index (χ0n) is 13.0. The number of nitrogens with zero attached hydrogens (tertiary/aromatic N) is 1. The van der Waals surface area contributed by atoms with E-state index < -0.39 is 17.5 Å². The van der Waals surface area contributed by atoms with Crippen molar-refractivity contribution in [1.29, 1.82) is 0 Å². The lowest BCUT2D eigenvalue weighted by Gasteiger charge is -2.13. The zero-order chi connectivity index (χ0) is 16.8. The number of benzene rings is 2. The highest BCUT2D eigenvalue weighted by Gasteiger charge is 2.05. The van der Waals surface area contributed by atoms with Crippen molar-refractivity contribution in [3.05, 3.63) is 71.3 Å². The van der Waals surface area contributed by atoms with Gasteiger partial charge < -0.3 is 10.2 Å². The lowest BCUT2D eigenvalue weighted by Crippen LogP contribution is -2.20. The summed E-state index contributed by atoms with van der Waals surface area (Å²) in [6.07, 6.45) is 2.26. The zero-order valence-corrected chi connectivity index (χ0v) is 13.0. The molecule has 120 valence electrons. The Morgan fingerprint density at radius 1 is 1.13 bits per heavy atom.